The normalized spacial score (nSPS) is 17.0. The third-order valence-corrected chi connectivity index (χ3v) is 4.57. The van der Waals surface area contributed by atoms with Crippen molar-refractivity contribution in [1.82, 2.24) is 15.1 Å². The molecule has 3 rings (SSSR count). The molecule has 1 aromatic carbocycles. The molecule has 0 radical (unpaired) electrons. The molecule has 1 atom stereocenters. The maximum Gasteiger partial charge on any atom is 0.335 e. The largest absolute Gasteiger partial charge is 0.478 e. The number of carboxylic acid groups (broad SMARTS) is 1. The molecule has 2 N–H and O–H groups in total. The summed E-state index contributed by atoms with van der Waals surface area (Å²) in [5.74, 6) is -0.789. The van der Waals surface area contributed by atoms with Gasteiger partial charge in [-0.3, -0.25) is 19.2 Å². The molecule has 1 saturated heterocycles. The summed E-state index contributed by atoms with van der Waals surface area (Å²) in [6, 6.07) is 7.49. The first-order valence-electron chi connectivity index (χ1n) is 8.79. The van der Waals surface area contributed by atoms with Crippen molar-refractivity contribution in [2.75, 3.05) is 11.4 Å². The van der Waals surface area contributed by atoms with E-state index >= 15 is 0 Å². The molecule has 8 heteroatoms. The first kappa shape index (κ1) is 18.6. The van der Waals surface area contributed by atoms with E-state index in [0.29, 0.717) is 24.3 Å². The standard InChI is InChI=1S/C19H22N4O4/c1-12-9-17(22(2)21-12)23-8-4-7-15(18(23)25)20-16(24)11-13-5-3-6-14(10-13)19(26)27/h3,5-6,9-10,15H,4,7-8,11H2,1-2H3,(H,20,24)(H,26,27). The fourth-order valence-corrected chi connectivity index (χ4v) is 3.33. The number of rotatable bonds is 5. The second kappa shape index (κ2) is 7.61. The van der Waals surface area contributed by atoms with Crippen LogP contribution in [0.5, 0.6) is 0 Å². The summed E-state index contributed by atoms with van der Waals surface area (Å²) in [5, 5.41) is 16.1. The molecule has 0 bridgehead atoms. The lowest BCUT2D eigenvalue weighted by atomic mass is 10.0. The van der Waals surface area contributed by atoms with Crippen molar-refractivity contribution >= 4 is 23.6 Å². The Labute approximate surface area is 156 Å². The van der Waals surface area contributed by atoms with Crippen LogP contribution in [-0.4, -0.2) is 45.3 Å². The molecule has 27 heavy (non-hydrogen) atoms. The van der Waals surface area contributed by atoms with Crippen LogP contribution in [0.2, 0.25) is 0 Å². The minimum atomic E-state index is -1.04. The van der Waals surface area contributed by atoms with Gasteiger partial charge in [0.2, 0.25) is 5.91 Å². The lowest BCUT2D eigenvalue weighted by Gasteiger charge is -2.32. The highest BCUT2D eigenvalue weighted by atomic mass is 16.4. The van der Waals surface area contributed by atoms with E-state index < -0.39 is 12.0 Å². The second-order valence-electron chi connectivity index (χ2n) is 6.70. The summed E-state index contributed by atoms with van der Waals surface area (Å²) in [5.41, 5.74) is 1.55. The average molecular weight is 370 g/mol. The Morgan fingerprint density at radius 1 is 1.33 bits per heavy atom. The van der Waals surface area contributed by atoms with Crippen LogP contribution in [0.25, 0.3) is 0 Å². The van der Waals surface area contributed by atoms with Gasteiger partial charge < -0.3 is 10.4 Å². The zero-order valence-electron chi connectivity index (χ0n) is 15.3. The lowest BCUT2D eigenvalue weighted by Crippen LogP contribution is -2.53. The molecule has 1 fully saturated rings. The van der Waals surface area contributed by atoms with E-state index in [2.05, 4.69) is 10.4 Å². The number of aromatic carboxylic acids is 1. The number of nitrogens with one attached hydrogen (secondary N) is 1. The SMILES string of the molecule is Cc1cc(N2CCCC(NC(=O)Cc3cccc(C(=O)O)c3)C2=O)n(C)n1. The van der Waals surface area contributed by atoms with Crippen LogP contribution in [0.1, 0.15) is 34.5 Å². The highest BCUT2D eigenvalue weighted by Gasteiger charge is 2.32. The molecule has 1 unspecified atom stereocenters. The lowest BCUT2D eigenvalue weighted by molar-refractivity contribution is -0.128. The van der Waals surface area contributed by atoms with Crippen molar-refractivity contribution in [3.8, 4) is 0 Å². The number of amides is 2. The summed E-state index contributed by atoms with van der Waals surface area (Å²) in [4.78, 5) is 37.9. The van der Waals surface area contributed by atoms with Crippen molar-refractivity contribution in [2.45, 2.75) is 32.2 Å². The number of piperidine rings is 1. The van der Waals surface area contributed by atoms with E-state index in [1.165, 1.54) is 12.1 Å². The van der Waals surface area contributed by atoms with Gasteiger partial charge in [0.1, 0.15) is 11.9 Å². The van der Waals surface area contributed by atoms with E-state index in [0.717, 1.165) is 12.1 Å². The van der Waals surface area contributed by atoms with Gasteiger partial charge in [-0.05, 0) is 37.5 Å². The topological polar surface area (TPSA) is 105 Å². The van der Waals surface area contributed by atoms with Crippen molar-refractivity contribution in [3.05, 3.63) is 47.2 Å². The number of aryl methyl sites for hydroxylation is 2. The zero-order chi connectivity index (χ0) is 19.6. The Morgan fingerprint density at radius 2 is 2.11 bits per heavy atom. The van der Waals surface area contributed by atoms with Crippen LogP contribution in [0.4, 0.5) is 5.82 Å². The van der Waals surface area contributed by atoms with E-state index in [4.69, 9.17) is 5.11 Å². The van der Waals surface area contributed by atoms with E-state index in [1.807, 2.05) is 13.0 Å². The summed E-state index contributed by atoms with van der Waals surface area (Å²) >= 11 is 0. The third kappa shape index (κ3) is 4.16. The van der Waals surface area contributed by atoms with Crippen LogP contribution >= 0.6 is 0 Å². The molecule has 2 heterocycles. The number of hydrogen-bond acceptors (Lipinski definition) is 4. The van der Waals surface area contributed by atoms with Gasteiger partial charge in [-0.2, -0.15) is 5.10 Å². The van der Waals surface area contributed by atoms with Crippen LogP contribution in [-0.2, 0) is 23.1 Å². The first-order chi connectivity index (χ1) is 12.8. The molecule has 0 spiro atoms. The minimum Gasteiger partial charge on any atom is -0.478 e. The number of nitrogens with zero attached hydrogens (tertiary/aromatic N) is 3. The van der Waals surface area contributed by atoms with Crippen LogP contribution in [0.15, 0.2) is 30.3 Å². The highest BCUT2D eigenvalue weighted by molar-refractivity contribution is 5.99. The number of carbonyl (C=O) groups excluding carboxylic acids is 2. The Bertz CT molecular complexity index is 890. The molecule has 1 aliphatic heterocycles. The second-order valence-corrected chi connectivity index (χ2v) is 6.70. The quantitative estimate of drug-likeness (QED) is 0.825. The van der Waals surface area contributed by atoms with Gasteiger partial charge in [0.15, 0.2) is 0 Å². The minimum absolute atomic E-state index is 0.0235. The number of hydrogen-bond donors (Lipinski definition) is 2. The number of aromatic nitrogens is 2. The highest BCUT2D eigenvalue weighted by Crippen LogP contribution is 2.21. The van der Waals surface area contributed by atoms with Gasteiger partial charge in [-0.15, -0.1) is 0 Å². The molecule has 2 aromatic rings. The summed E-state index contributed by atoms with van der Waals surface area (Å²) in [6.45, 7) is 2.45. The van der Waals surface area contributed by atoms with Gasteiger partial charge in [-0.1, -0.05) is 12.1 Å². The molecule has 2 amide bonds. The number of anilines is 1. The maximum absolute atomic E-state index is 12.8. The van der Waals surface area contributed by atoms with E-state index in [-0.39, 0.29) is 23.8 Å². The molecular weight excluding hydrogens is 348 g/mol. The molecule has 0 saturated carbocycles. The smallest absolute Gasteiger partial charge is 0.335 e. The maximum atomic E-state index is 12.8. The van der Waals surface area contributed by atoms with Crippen LogP contribution < -0.4 is 10.2 Å². The molecule has 142 valence electrons. The molecule has 1 aliphatic rings. The molecule has 1 aromatic heterocycles. The predicted octanol–water partition coefficient (Wildman–Crippen LogP) is 1.28. The number of carboxylic acids is 1. The summed E-state index contributed by atoms with van der Waals surface area (Å²) in [6.07, 6.45) is 1.37. The first-order valence-corrected chi connectivity index (χ1v) is 8.79. The van der Waals surface area contributed by atoms with E-state index in [9.17, 15) is 14.4 Å². The molecule has 8 nitrogen and oxygen atoms in total. The number of benzene rings is 1. The van der Waals surface area contributed by atoms with Crippen LogP contribution in [0, 0.1) is 6.92 Å². The summed E-state index contributed by atoms with van der Waals surface area (Å²) < 4.78 is 1.66. The van der Waals surface area contributed by atoms with Gasteiger partial charge in [-0.25, -0.2) is 4.79 Å². The van der Waals surface area contributed by atoms with Crippen molar-refractivity contribution in [1.29, 1.82) is 0 Å². The monoisotopic (exact) mass is 370 g/mol. The average Bonchev–Trinajstić information content (AvgIpc) is 2.95. The van der Waals surface area contributed by atoms with E-state index in [1.54, 1.807) is 28.8 Å². The van der Waals surface area contributed by atoms with Gasteiger partial charge in [0, 0.05) is 19.7 Å². The molecule has 0 aliphatic carbocycles. The molecular formula is C19H22N4O4. The predicted molar refractivity (Wildman–Crippen MR) is 98.6 cm³/mol. The van der Waals surface area contributed by atoms with Crippen LogP contribution in [0.3, 0.4) is 0 Å². The van der Waals surface area contributed by atoms with Crippen molar-refractivity contribution in [3.63, 3.8) is 0 Å². The Hall–Kier alpha value is -3.16. The fraction of sp³-hybridized carbons (Fsp3) is 0.368. The number of carbonyl (C=O) groups is 3. The van der Waals surface area contributed by atoms with Crippen molar-refractivity contribution < 1.29 is 19.5 Å². The third-order valence-electron chi connectivity index (χ3n) is 4.57. The van der Waals surface area contributed by atoms with Gasteiger partial charge in [0.05, 0.1) is 17.7 Å². The van der Waals surface area contributed by atoms with Crippen molar-refractivity contribution in [2.24, 2.45) is 7.05 Å². The Balaban J connectivity index is 1.67. The zero-order valence-corrected chi connectivity index (χ0v) is 15.3. The van der Waals surface area contributed by atoms with Gasteiger partial charge in [0.25, 0.3) is 5.91 Å². The Kier molecular flexibility index (Phi) is 5.25. The Morgan fingerprint density at radius 3 is 2.78 bits per heavy atom. The van der Waals surface area contributed by atoms with Gasteiger partial charge >= 0.3 is 5.97 Å². The fourth-order valence-electron chi connectivity index (χ4n) is 3.33. The summed E-state index contributed by atoms with van der Waals surface area (Å²) in [7, 11) is 1.78.